The van der Waals surface area contributed by atoms with E-state index in [-0.39, 0.29) is 11.3 Å². The zero-order chi connectivity index (χ0) is 12.2. The Hall–Kier alpha value is -0.530. The molecule has 0 spiro atoms. The number of hydrogen-bond donors (Lipinski definition) is 0. The van der Waals surface area contributed by atoms with Gasteiger partial charge < -0.3 is 4.90 Å². The highest BCUT2D eigenvalue weighted by atomic mass is 16.2. The number of rotatable bonds is 4. The Kier molecular flexibility index (Phi) is 5.33. The minimum absolute atomic E-state index is 0.159. The molecule has 0 heterocycles. The zero-order valence-corrected chi connectivity index (χ0v) is 11.4. The molecule has 0 aromatic carbocycles. The van der Waals surface area contributed by atoms with Gasteiger partial charge in [-0.3, -0.25) is 4.79 Å². The van der Waals surface area contributed by atoms with Crippen molar-refractivity contribution in [1.29, 1.82) is 0 Å². The quantitative estimate of drug-likeness (QED) is 0.701. The molecule has 0 bridgehead atoms. The van der Waals surface area contributed by atoms with Gasteiger partial charge in [0.1, 0.15) is 0 Å². The summed E-state index contributed by atoms with van der Waals surface area (Å²) < 4.78 is 0. The molecular formula is C13H27NO. The molecular weight excluding hydrogens is 186 g/mol. The predicted molar refractivity (Wildman–Crippen MR) is 65.8 cm³/mol. The van der Waals surface area contributed by atoms with E-state index in [4.69, 9.17) is 0 Å². The van der Waals surface area contributed by atoms with Crippen LogP contribution < -0.4 is 0 Å². The maximum absolute atomic E-state index is 11.6. The third-order valence-corrected chi connectivity index (χ3v) is 2.82. The smallest absolute Gasteiger partial charge is 0.219 e. The Morgan fingerprint density at radius 1 is 1.27 bits per heavy atom. The van der Waals surface area contributed by atoms with E-state index < -0.39 is 0 Å². The van der Waals surface area contributed by atoms with Crippen molar-refractivity contribution in [2.24, 2.45) is 11.3 Å². The second-order valence-corrected chi connectivity index (χ2v) is 5.82. The minimum atomic E-state index is 0.159. The molecule has 0 rings (SSSR count). The SMILES string of the molecule is CCN(C(C)=O)C(CC(C)C)C(C)(C)C. The third-order valence-electron chi connectivity index (χ3n) is 2.82. The van der Waals surface area contributed by atoms with E-state index in [1.165, 1.54) is 0 Å². The fraction of sp³-hybridized carbons (Fsp3) is 0.923. The lowest BCUT2D eigenvalue weighted by molar-refractivity contribution is -0.133. The Balaban J connectivity index is 4.82. The van der Waals surface area contributed by atoms with Gasteiger partial charge in [-0.2, -0.15) is 0 Å². The van der Waals surface area contributed by atoms with E-state index in [0.717, 1.165) is 13.0 Å². The van der Waals surface area contributed by atoms with Crippen LogP contribution in [0.15, 0.2) is 0 Å². The average Bonchev–Trinajstić information content (AvgIpc) is 2.00. The number of carbonyl (C=O) groups excluding carboxylic acids is 1. The number of hydrogen-bond acceptors (Lipinski definition) is 1. The van der Waals surface area contributed by atoms with Gasteiger partial charge in [0, 0.05) is 19.5 Å². The predicted octanol–water partition coefficient (Wildman–Crippen LogP) is 3.32. The molecule has 15 heavy (non-hydrogen) atoms. The van der Waals surface area contributed by atoms with E-state index in [2.05, 4.69) is 41.5 Å². The molecule has 2 heteroatoms. The van der Waals surface area contributed by atoms with Gasteiger partial charge in [0.25, 0.3) is 0 Å². The molecule has 1 unspecified atom stereocenters. The van der Waals surface area contributed by atoms with Crippen LogP contribution in [0.4, 0.5) is 0 Å². The van der Waals surface area contributed by atoms with E-state index in [1.807, 2.05) is 4.90 Å². The van der Waals surface area contributed by atoms with Crippen LogP contribution in [0.25, 0.3) is 0 Å². The lowest BCUT2D eigenvalue weighted by atomic mass is 9.81. The molecule has 1 atom stereocenters. The Labute approximate surface area is 95.0 Å². The van der Waals surface area contributed by atoms with Crippen LogP contribution in [-0.2, 0) is 4.79 Å². The molecule has 0 saturated heterocycles. The molecule has 0 aromatic heterocycles. The molecule has 0 aliphatic heterocycles. The first-order valence-corrected chi connectivity index (χ1v) is 5.97. The number of nitrogens with zero attached hydrogens (tertiary/aromatic N) is 1. The van der Waals surface area contributed by atoms with E-state index in [1.54, 1.807) is 6.92 Å². The molecule has 90 valence electrons. The first-order chi connectivity index (χ1) is 6.70. The van der Waals surface area contributed by atoms with Crippen molar-refractivity contribution in [3.8, 4) is 0 Å². The Morgan fingerprint density at radius 2 is 1.73 bits per heavy atom. The second-order valence-electron chi connectivity index (χ2n) is 5.82. The minimum Gasteiger partial charge on any atom is -0.340 e. The Bertz CT molecular complexity index is 203. The van der Waals surface area contributed by atoms with Crippen molar-refractivity contribution in [2.45, 2.75) is 60.9 Å². The summed E-state index contributed by atoms with van der Waals surface area (Å²) in [4.78, 5) is 13.6. The zero-order valence-electron chi connectivity index (χ0n) is 11.4. The van der Waals surface area contributed by atoms with Crippen molar-refractivity contribution >= 4 is 5.91 Å². The molecule has 0 fully saturated rings. The van der Waals surface area contributed by atoms with Crippen molar-refractivity contribution in [2.75, 3.05) is 6.54 Å². The fourth-order valence-electron chi connectivity index (χ4n) is 2.06. The summed E-state index contributed by atoms with van der Waals surface area (Å²) in [5.41, 5.74) is 0.159. The lowest BCUT2D eigenvalue weighted by Gasteiger charge is -2.40. The van der Waals surface area contributed by atoms with E-state index in [0.29, 0.717) is 12.0 Å². The van der Waals surface area contributed by atoms with E-state index in [9.17, 15) is 4.79 Å². The molecule has 0 aliphatic rings. The first kappa shape index (κ1) is 14.5. The van der Waals surface area contributed by atoms with Gasteiger partial charge in [-0.05, 0) is 24.7 Å². The van der Waals surface area contributed by atoms with Crippen molar-refractivity contribution < 1.29 is 4.79 Å². The maximum Gasteiger partial charge on any atom is 0.219 e. The van der Waals surface area contributed by atoms with Crippen molar-refractivity contribution in [1.82, 2.24) is 4.90 Å². The van der Waals surface area contributed by atoms with Gasteiger partial charge in [-0.25, -0.2) is 0 Å². The third kappa shape index (κ3) is 4.67. The lowest BCUT2D eigenvalue weighted by Crippen LogP contribution is -2.47. The molecule has 0 aliphatic carbocycles. The molecule has 0 saturated carbocycles. The van der Waals surface area contributed by atoms with Gasteiger partial charge >= 0.3 is 0 Å². The fourth-order valence-corrected chi connectivity index (χ4v) is 2.06. The Morgan fingerprint density at radius 3 is 1.93 bits per heavy atom. The van der Waals surface area contributed by atoms with Crippen molar-refractivity contribution in [3.05, 3.63) is 0 Å². The summed E-state index contributed by atoms with van der Waals surface area (Å²) in [5, 5.41) is 0. The molecule has 0 N–H and O–H groups in total. The summed E-state index contributed by atoms with van der Waals surface area (Å²) in [6.45, 7) is 15.6. The van der Waals surface area contributed by atoms with Crippen LogP contribution in [0, 0.1) is 11.3 Å². The average molecular weight is 213 g/mol. The van der Waals surface area contributed by atoms with Crippen LogP contribution in [-0.4, -0.2) is 23.4 Å². The van der Waals surface area contributed by atoms with Crippen LogP contribution in [0.1, 0.15) is 54.9 Å². The van der Waals surface area contributed by atoms with Crippen LogP contribution >= 0.6 is 0 Å². The second kappa shape index (κ2) is 5.53. The summed E-state index contributed by atoms with van der Waals surface area (Å²) in [5.74, 6) is 0.820. The highest BCUT2D eigenvalue weighted by Crippen LogP contribution is 2.29. The van der Waals surface area contributed by atoms with Gasteiger partial charge in [0.2, 0.25) is 5.91 Å². The highest BCUT2D eigenvalue weighted by Gasteiger charge is 2.31. The van der Waals surface area contributed by atoms with Crippen molar-refractivity contribution in [3.63, 3.8) is 0 Å². The van der Waals surface area contributed by atoms with Crippen LogP contribution in [0.2, 0.25) is 0 Å². The standard InChI is InChI=1S/C13H27NO/c1-8-14(11(4)15)12(9-10(2)3)13(5,6)7/h10,12H,8-9H2,1-7H3. The van der Waals surface area contributed by atoms with Gasteiger partial charge in [0.15, 0.2) is 0 Å². The summed E-state index contributed by atoms with van der Waals surface area (Å²) in [6.07, 6.45) is 1.08. The topological polar surface area (TPSA) is 20.3 Å². The van der Waals surface area contributed by atoms with Crippen LogP contribution in [0.3, 0.4) is 0 Å². The molecule has 0 radical (unpaired) electrons. The summed E-state index contributed by atoms with van der Waals surface area (Å²) in [7, 11) is 0. The van der Waals surface area contributed by atoms with Crippen LogP contribution in [0.5, 0.6) is 0 Å². The summed E-state index contributed by atoms with van der Waals surface area (Å²) in [6, 6.07) is 0.347. The van der Waals surface area contributed by atoms with Gasteiger partial charge in [-0.1, -0.05) is 34.6 Å². The largest absolute Gasteiger partial charge is 0.340 e. The molecule has 1 amide bonds. The molecule has 2 nitrogen and oxygen atoms in total. The first-order valence-electron chi connectivity index (χ1n) is 5.97. The maximum atomic E-state index is 11.6. The molecule has 0 aromatic rings. The van der Waals surface area contributed by atoms with E-state index >= 15 is 0 Å². The van der Waals surface area contributed by atoms with Gasteiger partial charge in [0.05, 0.1) is 0 Å². The number of amides is 1. The van der Waals surface area contributed by atoms with Gasteiger partial charge in [-0.15, -0.1) is 0 Å². The normalized spacial score (nSPS) is 14.1. The summed E-state index contributed by atoms with van der Waals surface area (Å²) >= 11 is 0. The number of carbonyl (C=O) groups is 1. The highest BCUT2D eigenvalue weighted by molar-refractivity contribution is 5.73. The monoisotopic (exact) mass is 213 g/mol.